The van der Waals surface area contributed by atoms with E-state index in [2.05, 4.69) is 11.9 Å². The van der Waals surface area contributed by atoms with Crippen molar-refractivity contribution in [3.63, 3.8) is 0 Å². The van der Waals surface area contributed by atoms with Crippen molar-refractivity contribution in [2.45, 2.75) is 13.3 Å². The lowest BCUT2D eigenvalue weighted by Gasteiger charge is -1.95. The molecule has 0 aliphatic rings. The van der Waals surface area contributed by atoms with Crippen LogP contribution in [0.25, 0.3) is 0 Å². The van der Waals surface area contributed by atoms with Gasteiger partial charge in [-0.1, -0.05) is 18.5 Å². The van der Waals surface area contributed by atoms with Gasteiger partial charge in [-0.15, -0.1) is 0 Å². The third-order valence-electron chi connectivity index (χ3n) is 1.34. The van der Waals surface area contributed by atoms with E-state index in [4.69, 9.17) is 11.6 Å². The zero-order chi connectivity index (χ0) is 6.85. The van der Waals surface area contributed by atoms with Crippen LogP contribution in [0.15, 0.2) is 6.20 Å². The zero-order valence-electron chi connectivity index (χ0n) is 5.56. The maximum absolute atomic E-state index is 5.71. The van der Waals surface area contributed by atoms with Gasteiger partial charge in [0.15, 0.2) is 0 Å². The van der Waals surface area contributed by atoms with Gasteiger partial charge in [0.2, 0.25) is 0 Å². The molecule has 0 unspecified atom stereocenters. The summed E-state index contributed by atoms with van der Waals surface area (Å²) in [6, 6.07) is 0. The first-order chi connectivity index (χ1) is 4.25. The molecule has 1 aromatic heterocycles. The Hall–Kier alpha value is -0.500. The first-order valence-corrected chi connectivity index (χ1v) is 3.29. The summed E-state index contributed by atoms with van der Waals surface area (Å²) >= 11 is 5.71. The van der Waals surface area contributed by atoms with Crippen LogP contribution in [0.3, 0.4) is 0 Å². The number of hydrogen-bond donors (Lipinski definition) is 0. The van der Waals surface area contributed by atoms with Gasteiger partial charge in [0.1, 0.15) is 11.0 Å². The summed E-state index contributed by atoms with van der Waals surface area (Å²) in [4.78, 5) is 4.06. The number of rotatable bonds is 1. The topological polar surface area (TPSA) is 17.8 Å². The van der Waals surface area contributed by atoms with Crippen molar-refractivity contribution < 1.29 is 0 Å². The first-order valence-electron chi connectivity index (χ1n) is 2.91. The van der Waals surface area contributed by atoms with E-state index >= 15 is 0 Å². The number of imidazole rings is 1. The quantitative estimate of drug-likeness (QED) is 0.586. The van der Waals surface area contributed by atoms with Crippen molar-refractivity contribution in [3.05, 3.63) is 17.2 Å². The van der Waals surface area contributed by atoms with Crippen LogP contribution in [0.1, 0.15) is 12.7 Å². The highest BCUT2D eigenvalue weighted by atomic mass is 35.5. The third kappa shape index (κ3) is 1.08. The van der Waals surface area contributed by atoms with Crippen LogP contribution < -0.4 is 0 Å². The fourth-order valence-corrected chi connectivity index (χ4v) is 0.899. The van der Waals surface area contributed by atoms with Crippen LogP contribution in [0, 0.1) is 0 Å². The van der Waals surface area contributed by atoms with Gasteiger partial charge in [0.05, 0.1) is 6.20 Å². The predicted molar refractivity (Wildman–Crippen MR) is 37.6 cm³/mol. The van der Waals surface area contributed by atoms with Gasteiger partial charge in [-0.25, -0.2) is 4.98 Å². The van der Waals surface area contributed by atoms with E-state index in [0.717, 1.165) is 12.2 Å². The molecule has 9 heavy (non-hydrogen) atoms. The molecule has 0 amide bonds. The smallest absolute Gasteiger partial charge is 0.128 e. The summed E-state index contributed by atoms with van der Waals surface area (Å²) in [5.41, 5.74) is 0. The Morgan fingerprint density at radius 3 is 2.67 bits per heavy atom. The number of halogens is 1. The van der Waals surface area contributed by atoms with Crippen molar-refractivity contribution in [1.82, 2.24) is 9.55 Å². The fraction of sp³-hybridized carbons (Fsp3) is 0.500. The van der Waals surface area contributed by atoms with Crippen molar-refractivity contribution in [3.8, 4) is 0 Å². The first kappa shape index (κ1) is 6.62. The Morgan fingerprint density at radius 1 is 1.78 bits per heavy atom. The van der Waals surface area contributed by atoms with E-state index in [1.807, 2.05) is 11.6 Å². The normalized spacial score (nSPS) is 10.1. The van der Waals surface area contributed by atoms with Crippen LogP contribution in [0.2, 0.25) is 5.15 Å². The van der Waals surface area contributed by atoms with E-state index in [1.165, 1.54) is 0 Å². The van der Waals surface area contributed by atoms with Crippen LogP contribution >= 0.6 is 11.6 Å². The Labute approximate surface area is 59.5 Å². The van der Waals surface area contributed by atoms with Crippen LogP contribution in [-0.2, 0) is 13.5 Å². The maximum Gasteiger partial charge on any atom is 0.128 e. The van der Waals surface area contributed by atoms with Crippen LogP contribution in [0.5, 0.6) is 0 Å². The molecule has 0 aliphatic carbocycles. The monoisotopic (exact) mass is 144 g/mol. The number of aryl methyl sites for hydroxylation is 1. The molecule has 1 aromatic rings. The summed E-state index contributed by atoms with van der Waals surface area (Å²) in [6.07, 6.45) is 2.60. The molecule has 0 aliphatic heterocycles. The molecule has 0 radical (unpaired) electrons. The Kier molecular flexibility index (Phi) is 1.76. The molecule has 1 heterocycles. The summed E-state index contributed by atoms with van der Waals surface area (Å²) < 4.78 is 1.88. The molecule has 1 rings (SSSR count). The lowest BCUT2D eigenvalue weighted by molar-refractivity contribution is 0.808. The highest BCUT2D eigenvalue weighted by Gasteiger charge is 1.99. The van der Waals surface area contributed by atoms with Crippen molar-refractivity contribution in [2.24, 2.45) is 7.05 Å². The van der Waals surface area contributed by atoms with Gasteiger partial charge in [0.25, 0.3) is 0 Å². The minimum atomic E-state index is 0.701. The largest absolute Gasteiger partial charge is 0.322 e. The molecule has 0 saturated carbocycles. The second kappa shape index (κ2) is 2.40. The van der Waals surface area contributed by atoms with Crippen molar-refractivity contribution >= 4 is 11.6 Å². The summed E-state index contributed by atoms with van der Waals surface area (Å²) in [6.45, 7) is 2.05. The van der Waals surface area contributed by atoms with Gasteiger partial charge in [-0.2, -0.15) is 0 Å². The molecule has 0 N–H and O–H groups in total. The third-order valence-corrected chi connectivity index (χ3v) is 1.70. The number of aromatic nitrogens is 2. The van der Waals surface area contributed by atoms with Crippen LogP contribution in [0.4, 0.5) is 0 Å². The number of hydrogen-bond acceptors (Lipinski definition) is 1. The molecule has 2 nitrogen and oxygen atoms in total. The molecular formula is C6H9ClN2. The van der Waals surface area contributed by atoms with Crippen LogP contribution in [-0.4, -0.2) is 9.55 Å². The van der Waals surface area contributed by atoms with Gasteiger partial charge in [0, 0.05) is 13.5 Å². The molecule has 0 aromatic carbocycles. The highest BCUT2D eigenvalue weighted by molar-refractivity contribution is 6.29. The molecular weight excluding hydrogens is 136 g/mol. The van der Waals surface area contributed by atoms with Crippen molar-refractivity contribution in [2.75, 3.05) is 0 Å². The minimum Gasteiger partial charge on any atom is -0.322 e. The van der Waals surface area contributed by atoms with E-state index in [1.54, 1.807) is 6.20 Å². The standard InChI is InChI=1S/C6H9ClN2/c1-3-6-8-4-5(7)9(6)2/h4H,3H2,1-2H3. The van der Waals surface area contributed by atoms with E-state index < -0.39 is 0 Å². The summed E-state index contributed by atoms with van der Waals surface area (Å²) in [7, 11) is 1.91. The Balaban J connectivity index is 3.04. The van der Waals surface area contributed by atoms with E-state index in [9.17, 15) is 0 Å². The highest BCUT2D eigenvalue weighted by Crippen LogP contribution is 2.08. The molecule has 50 valence electrons. The van der Waals surface area contributed by atoms with E-state index in [0.29, 0.717) is 5.15 Å². The Bertz CT molecular complexity index is 205. The van der Waals surface area contributed by atoms with Gasteiger partial charge >= 0.3 is 0 Å². The minimum absolute atomic E-state index is 0.701. The lowest BCUT2D eigenvalue weighted by Crippen LogP contribution is -1.94. The van der Waals surface area contributed by atoms with Crippen molar-refractivity contribution in [1.29, 1.82) is 0 Å². The average molecular weight is 145 g/mol. The molecule has 0 atom stereocenters. The number of nitrogens with zero attached hydrogens (tertiary/aromatic N) is 2. The maximum atomic E-state index is 5.71. The Morgan fingerprint density at radius 2 is 2.44 bits per heavy atom. The second-order valence-electron chi connectivity index (χ2n) is 1.91. The second-order valence-corrected chi connectivity index (χ2v) is 2.30. The summed E-state index contributed by atoms with van der Waals surface area (Å²) in [5, 5.41) is 0.701. The van der Waals surface area contributed by atoms with Gasteiger partial charge < -0.3 is 4.57 Å². The molecule has 0 fully saturated rings. The molecule has 0 saturated heterocycles. The molecule has 0 bridgehead atoms. The fourth-order valence-electron chi connectivity index (χ4n) is 0.753. The molecule has 3 heteroatoms. The van der Waals surface area contributed by atoms with E-state index in [-0.39, 0.29) is 0 Å². The lowest BCUT2D eigenvalue weighted by atomic mass is 10.5. The predicted octanol–water partition coefficient (Wildman–Crippen LogP) is 1.64. The SMILES string of the molecule is CCc1ncc(Cl)n1C. The summed E-state index contributed by atoms with van der Waals surface area (Å²) in [5.74, 6) is 1.03. The van der Waals surface area contributed by atoms with Gasteiger partial charge in [-0.3, -0.25) is 0 Å². The zero-order valence-corrected chi connectivity index (χ0v) is 6.31. The molecule has 0 spiro atoms. The average Bonchev–Trinajstić information content (AvgIpc) is 2.15. The van der Waals surface area contributed by atoms with Gasteiger partial charge in [-0.05, 0) is 0 Å².